The van der Waals surface area contributed by atoms with E-state index < -0.39 is 10.0 Å². The van der Waals surface area contributed by atoms with Crippen LogP contribution in [-0.2, 0) is 10.0 Å². The molecule has 106 valence electrons. The number of sulfonamides is 1. The van der Waals surface area contributed by atoms with Crippen LogP contribution in [0.4, 0.5) is 0 Å². The molecule has 0 radical (unpaired) electrons. The normalized spacial score (nSPS) is 22.1. The van der Waals surface area contributed by atoms with E-state index in [1.54, 1.807) is 22.5 Å². The maximum Gasteiger partial charge on any atom is 0.244 e. The molecule has 1 saturated heterocycles. The number of rotatable bonds is 3. The molecule has 1 fully saturated rings. The van der Waals surface area contributed by atoms with Gasteiger partial charge in [0.15, 0.2) is 0 Å². The summed E-state index contributed by atoms with van der Waals surface area (Å²) >= 11 is 3.35. The third kappa shape index (κ3) is 3.20. The molecule has 1 aliphatic rings. The molecule has 0 aliphatic carbocycles. The fourth-order valence-electron chi connectivity index (χ4n) is 2.66. The zero-order chi connectivity index (χ0) is 13.9. The molecule has 1 aromatic rings. The monoisotopic (exact) mass is 345 g/mol. The topological polar surface area (TPSA) is 37.4 Å². The minimum atomic E-state index is -3.39. The third-order valence-electron chi connectivity index (χ3n) is 3.72. The van der Waals surface area contributed by atoms with Crippen LogP contribution in [0.2, 0.25) is 0 Å². The number of hydrogen-bond acceptors (Lipinski definition) is 2. The molecule has 2 rings (SSSR count). The van der Waals surface area contributed by atoms with Gasteiger partial charge in [0.25, 0.3) is 0 Å². The summed E-state index contributed by atoms with van der Waals surface area (Å²) < 4.78 is 28.0. The molecule has 1 atom stereocenters. The lowest BCUT2D eigenvalue weighted by molar-refractivity contribution is 0.315. The largest absolute Gasteiger partial charge is 0.244 e. The lowest BCUT2D eigenvalue weighted by atomic mass is 10.1. The molecular weight excluding hydrogens is 326 g/mol. The van der Waals surface area contributed by atoms with Crippen LogP contribution in [0, 0.1) is 0 Å². The average Bonchev–Trinajstić information content (AvgIpc) is 2.64. The van der Waals surface area contributed by atoms with Crippen LogP contribution in [0.15, 0.2) is 33.6 Å². The highest BCUT2D eigenvalue weighted by atomic mass is 79.9. The van der Waals surface area contributed by atoms with Gasteiger partial charge in [-0.15, -0.1) is 0 Å². The Morgan fingerprint density at radius 3 is 2.68 bits per heavy atom. The molecule has 5 heteroatoms. The molecule has 0 bridgehead atoms. The zero-order valence-corrected chi connectivity index (χ0v) is 13.6. The van der Waals surface area contributed by atoms with Crippen LogP contribution < -0.4 is 0 Å². The van der Waals surface area contributed by atoms with Gasteiger partial charge in [0.05, 0.1) is 4.90 Å². The Morgan fingerprint density at radius 1 is 1.26 bits per heavy atom. The van der Waals surface area contributed by atoms with Crippen molar-refractivity contribution >= 4 is 26.0 Å². The van der Waals surface area contributed by atoms with Crippen LogP contribution in [0.5, 0.6) is 0 Å². The Balaban J connectivity index is 2.39. The van der Waals surface area contributed by atoms with Crippen molar-refractivity contribution < 1.29 is 8.42 Å². The maximum absolute atomic E-state index is 12.8. The van der Waals surface area contributed by atoms with Crippen molar-refractivity contribution in [3.05, 3.63) is 28.7 Å². The van der Waals surface area contributed by atoms with E-state index >= 15 is 0 Å². The molecule has 0 spiro atoms. The number of benzene rings is 1. The second-order valence-corrected chi connectivity index (χ2v) is 7.67. The van der Waals surface area contributed by atoms with Gasteiger partial charge in [-0.3, -0.25) is 0 Å². The predicted octanol–water partition coefficient (Wildman–Crippen LogP) is 3.79. The van der Waals surface area contributed by atoms with E-state index in [-0.39, 0.29) is 6.04 Å². The first kappa shape index (κ1) is 15.0. The fraction of sp³-hybridized carbons (Fsp3) is 0.571. The minimum Gasteiger partial charge on any atom is -0.207 e. The molecule has 1 unspecified atom stereocenters. The molecule has 1 aliphatic heterocycles. The van der Waals surface area contributed by atoms with Crippen molar-refractivity contribution in [2.24, 2.45) is 0 Å². The summed E-state index contributed by atoms with van der Waals surface area (Å²) in [5.74, 6) is 0. The Labute approximate surface area is 124 Å². The van der Waals surface area contributed by atoms with Gasteiger partial charge in [-0.1, -0.05) is 31.9 Å². The van der Waals surface area contributed by atoms with Gasteiger partial charge >= 0.3 is 0 Å². The van der Waals surface area contributed by atoms with Crippen molar-refractivity contribution in [1.82, 2.24) is 4.31 Å². The van der Waals surface area contributed by atoms with E-state index in [9.17, 15) is 8.42 Å². The number of hydrogen-bond donors (Lipinski definition) is 0. The fourth-order valence-corrected chi connectivity index (χ4v) is 5.39. The van der Waals surface area contributed by atoms with Gasteiger partial charge in [0, 0.05) is 17.1 Å². The molecular formula is C14H20BrNO2S. The number of halogens is 1. The van der Waals surface area contributed by atoms with Crippen LogP contribution in [0.25, 0.3) is 0 Å². The lowest BCUT2D eigenvalue weighted by Gasteiger charge is -2.28. The maximum atomic E-state index is 12.8. The first-order valence-corrected chi connectivity index (χ1v) is 9.07. The van der Waals surface area contributed by atoms with Gasteiger partial charge in [-0.05, 0) is 47.3 Å². The summed E-state index contributed by atoms with van der Waals surface area (Å²) in [5.41, 5.74) is 0. The van der Waals surface area contributed by atoms with E-state index in [1.165, 1.54) is 0 Å². The van der Waals surface area contributed by atoms with Gasteiger partial charge in [0.2, 0.25) is 10.0 Å². The lowest BCUT2D eigenvalue weighted by Crippen LogP contribution is -2.39. The van der Waals surface area contributed by atoms with Crippen molar-refractivity contribution in [1.29, 1.82) is 0 Å². The number of nitrogens with zero attached hydrogens (tertiary/aromatic N) is 1. The average molecular weight is 346 g/mol. The highest BCUT2D eigenvalue weighted by Crippen LogP contribution is 2.30. The van der Waals surface area contributed by atoms with Crippen molar-refractivity contribution in [3.8, 4) is 0 Å². The van der Waals surface area contributed by atoms with Gasteiger partial charge in [-0.2, -0.15) is 4.31 Å². The second-order valence-electron chi connectivity index (χ2n) is 4.96. The quantitative estimate of drug-likeness (QED) is 0.835. The molecule has 1 aromatic carbocycles. The second kappa shape index (κ2) is 6.37. The molecule has 0 saturated carbocycles. The van der Waals surface area contributed by atoms with Gasteiger partial charge in [0.1, 0.15) is 0 Å². The molecule has 1 heterocycles. The molecule has 0 aromatic heterocycles. The summed E-state index contributed by atoms with van der Waals surface area (Å²) in [7, 11) is -3.39. The van der Waals surface area contributed by atoms with Gasteiger partial charge in [-0.25, -0.2) is 8.42 Å². The molecule has 0 N–H and O–H groups in total. The summed E-state index contributed by atoms with van der Waals surface area (Å²) in [6.07, 6.45) is 5.06. The minimum absolute atomic E-state index is 0.139. The van der Waals surface area contributed by atoms with Crippen molar-refractivity contribution in [2.45, 2.75) is 50.0 Å². The Morgan fingerprint density at radius 2 is 2.00 bits per heavy atom. The first-order valence-electron chi connectivity index (χ1n) is 6.83. The van der Waals surface area contributed by atoms with Gasteiger partial charge < -0.3 is 0 Å². The Hall–Kier alpha value is -0.390. The summed E-state index contributed by atoms with van der Waals surface area (Å²) in [4.78, 5) is 0.385. The SMILES string of the molecule is CCC1CCCCCN1S(=O)(=O)c1ccccc1Br. The predicted molar refractivity (Wildman–Crippen MR) is 80.6 cm³/mol. The van der Waals surface area contributed by atoms with Crippen LogP contribution in [0.3, 0.4) is 0 Å². The summed E-state index contributed by atoms with van der Waals surface area (Å²) in [6, 6.07) is 7.21. The smallest absolute Gasteiger partial charge is 0.207 e. The Bertz CT molecular complexity index is 530. The van der Waals surface area contributed by atoms with E-state index in [2.05, 4.69) is 22.9 Å². The highest BCUT2D eigenvalue weighted by molar-refractivity contribution is 9.10. The zero-order valence-electron chi connectivity index (χ0n) is 11.2. The standard InChI is InChI=1S/C14H20BrNO2S/c1-2-12-8-4-3-7-11-16(12)19(17,18)14-10-6-5-9-13(14)15/h5-6,9-10,12H,2-4,7-8,11H2,1H3. The molecule has 3 nitrogen and oxygen atoms in total. The van der Waals surface area contributed by atoms with Crippen molar-refractivity contribution in [3.63, 3.8) is 0 Å². The van der Waals surface area contributed by atoms with E-state index in [4.69, 9.17) is 0 Å². The first-order chi connectivity index (χ1) is 9.07. The van der Waals surface area contributed by atoms with E-state index in [1.807, 2.05) is 6.07 Å². The van der Waals surface area contributed by atoms with Crippen LogP contribution in [0.1, 0.15) is 39.0 Å². The van der Waals surface area contributed by atoms with E-state index in [0.717, 1.165) is 32.1 Å². The van der Waals surface area contributed by atoms with Crippen molar-refractivity contribution in [2.75, 3.05) is 6.54 Å². The molecule has 0 amide bonds. The Kier molecular flexibility index (Phi) is 5.03. The van der Waals surface area contributed by atoms with E-state index in [0.29, 0.717) is 15.9 Å². The third-order valence-corrected chi connectivity index (χ3v) is 6.68. The van der Waals surface area contributed by atoms with Crippen LogP contribution >= 0.6 is 15.9 Å². The summed E-state index contributed by atoms with van der Waals surface area (Å²) in [5, 5.41) is 0. The highest BCUT2D eigenvalue weighted by Gasteiger charge is 2.32. The van der Waals surface area contributed by atoms with Crippen LogP contribution in [-0.4, -0.2) is 25.3 Å². The molecule has 19 heavy (non-hydrogen) atoms. The summed E-state index contributed by atoms with van der Waals surface area (Å²) in [6.45, 7) is 2.71.